The molecule has 3 rings (SSSR count). The molecule has 0 heterocycles. The van der Waals surface area contributed by atoms with Crippen molar-refractivity contribution in [2.45, 2.75) is 16.1 Å². The number of hydrogen-bond donors (Lipinski definition) is 1. The average Bonchev–Trinajstić information content (AvgIpc) is 3.26. The fraction of sp³-hybridized carbons (Fsp3) is 0.333. The summed E-state index contributed by atoms with van der Waals surface area (Å²) in [6.45, 7) is 0.486. The van der Waals surface area contributed by atoms with E-state index in [1.165, 1.54) is 12.1 Å². The Morgan fingerprint density at radius 3 is 2.04 bits per heavy atom. The summed E-state index contributed by atoms with van der Waals surface area (Å²) >= 11 is 11.8. The van der Waals surface area contributed by atoms with E-state index < -0.39 is 20.5 Å². The maximum absolute atomic E-state index is 13.2. The van der Waals surface area contributed by atoms with Gasteiger partial charge in [-0.1, -0.05) is 35.3 Å². The normalized spacial score (nSPS) is 25.8. The molecule has 0 spiro atoms. The highest BCUT2D eigenvalue weighted by molar-refractivity contribution is 7.92. The van der Waals surface area contributed by atoms with Crippen LogP contribution in [0.5, 0.6) is 0 Å². The van der Waals surface area contributed by atoms with Gasteiger partial charge in [-0.3, -0.25) is 0 Å². The summed E-state index contributed by atoms with van der Waals surface area (Å²) in [7, 11) is -2.03. The second-order valence-electron chi connectivity index (χ2n) is 6.32. The summed E-state index contributed by atoms with van der Waals surface area (Å²) < 4.78 is 31.8. The molecule has 25 heavy (non-hydrogen) atoms. The van der Waals surface area contributed by atoms with Gasteiger partial charge in [-0.05, 0) is 42.0 Å². The minimum absolute atomic E-state index is 0.214. The highest BCUT2D eigenvalue weighted by Crippen LogP contribution is 2.63. The number of methoxy groups -OCH3 is 1. The highest BCUT2D eigenvalue weighted by atomic mass is 35.5. The standard InChI is InChI=1S/C18H19Cl2NO3S/c1-24-11-18(10-21)16(12-2-4-13(19)5-3-12)17(18)25(22,23)15-8-6-14(20)7-9-15/h2-9,16-17H,10-11,21H2,1H3. The molecule has 4 nitrogen and oxygen atoms in total. The van der Waals surface area contributed by atoms with Crippen LogP contribution >= 0.6 is 23.2 Å². The molecule has 0 aliphatic heterocycles. The molecule has 2 aromatic rings. The Kier molecular flexibility index (Phi) is 5.15. The molecule has 1 aliphatic rings. The van der Waals surface area contributed by atoms with Gasteiger partial charge in [0.1, 0.15) is 0 Å². The molecule has 3 unspecified atom stereocenters. The third-order valence-corrected chi connectivity index (χ3v) is 7.72. The van der Waals surface area contributed by atoms with Crippen molar-refractivity contribution < 1.29 is 13.2 Å². The Balaban J connectivity index is 2.05. The fourth-order valence-corrected chi connectivity index (χ4v) is 6.33. The van der Waals surface area contributed by atoms with Crippen LogP contribution in [0.15, 0.2) is 53.4 Å². The van der Waals surface area contributed by atoms with E-state index in [9.17, 15) is 8.42 Å². The lowest BCUT2D eigenvalue weighted by Crippen LogP contribution is -2.28. The van der Waals surface area contributed by atoms with Crippen LogP contribution in [0, 0.1) is 5.41 Å². The van der Waals surface area contributed by atoms with Gasteiger partial charge in [0.2, 0.25) is 0 Å². The van der Waals surface area contributed by atoms with Crippen molar-refractivity contribution in [3.05, 3.63) is 64.1 Å². The van der Waals surface area contributed by atoms with Gasteiger partial charge in [-0.15, -0.1) is 0 Å². The van der Waals surface area contributed by atoms with E-state index in [-0.39, 0.29) is 24.0 Å². The van der Waals surface area contributed by atoms with Gasteiger partial charge in [-0.25, -0.2) is 8.42 Å². The van der Waals surface area contributed by atoms with Crippen molar-refractivity contribution in [3.63, 3.8) is 0 Å². The summed E-state index contributed by atoms with van der Waals surface area (Å²) in [5.74, 6) is -0.240. The van der Waals surface area contributed by atoms with Gasteiger partial charge in [0, 0.05) is 35.0 Å². The SMILES string of the molecule is COCC1(CN)C(c2ccc(Cl)cc2)C1S(=O)(=O)c1ccc(Cl)cc1. The van der Waals surface area contributed by atoms with Crippen LogP contribution in [0.2, 0.25) is 10.0 Å². The van der Waals surface area contributed by atoms with E-state index in [2.05, 4.69) is 0 Å². The number of nitrogens with two attached hydrogens (primary N) is 1. The van der Waals surface area contributed by atoms with Gasteiger partial charge in [0.05, 0.1) is 16.8 Å². The Labute approximate surface area is 157 Å². The number of hydrogen-bond acceptors (Lipinski definition) is 4. The third-order valence-electron chi connectivity index (χ3n) is 4.88. The minimum atomic E-state index is -3.58. The first kappa shape index (κ1) is 18.7. The van der Waals surface area contributed by atoms with E-state index in [1.807, 2.05) is 12.1 Å². The molecule has 1 aliphatic carbocycles. The first-order chi connectivity index (χ1) is 11.9. The maximum atomic E-state index is 13.2. The van der Waals surface area contributed by atoms with Crippen molar-refractivity contribution in [1.82, 2.24) is 0 Å². The van der Waals surface area contributed by atoms with Crippen LogP contribution in [0.4, 0.5) is 0 Å². The van der Waals surface area contributed by atoms with E-state index >= 15 is 0 Å². The summed E-state index contributed by atoms with van der Waals surface area (Å²) in [6, 6.07) is 13.4. The molecule has 2 N–H and O–H groups in total. The first-order valence-electron chi connectivity index (χ1n) is 7.81. The van der Waals surface area contributed by atoms with Crippen LogP contribution in [-0.2, 0) is 14.6 Å². The molecular weight excluding hydrogens is 381 g/mol. The summed E-state index contributed by atoms with van der Waals surface area (Å²) in [6.07, 6.45) is 0. The zero-order chi connectivity index (χ0) is 18.2. The molecule has 0 saturated heterocycles. The number of sulfone groups is 1. The Morgan fingerprint density at radius 2 is 1.56 bits per heavy atom. The molecule has 134 valence electrons. The Bertz CT molecular complexity index is 853. The number of ether oxygens (including phenoxy) is 1. The van der Waals surface area contributed by atoms with Crippen molar-refractivity contribution >= 4 is 33.0 Å². The van der Waals surface area contributed by atoms with E-state index in [0.717, 1.165) is 5.56 Å². The Hall–Kier alpha value is -1.11. The van der Waals surface area contributed by atoms with Crippen LogP contribution in [0.25, 0.3) is 0 Å². The summed E-state index contributed by atoms with van der Waals surface area (Å²) in [4.78, 5) is 0.243. The van der Waals surface area contributed by atoms with Crippen LogP contribution < -0.4 is 5.73 Å². The van der Waals surface area contributed by atoms with Crippen molar-refractivity contribution in [2.24, 2.45) is 11.1 Å². The monoisotopic (exact) mass is 399 g/mol. The highest BCUT2D eigenvalue weighted by Gasteiger charge is 2.70. The van der Waals surface area contributed by atoms with Gasteiger partial charge in [0.25, 0.3) is 0 Å². The van der Waals surface area contributed by atoms with Crippen LogP contribution in [-0.4, -0.2) is 33.9 Å². The average molecular weight is 400 g/mol. The second kappa shape index (κ2) is 6.89. The zero-order valence-electron chi connectivity index (χ0n) is 13.7. The lowest BCUT2D eigenvalue weighted by Gasteiger charge is -2.15. The predicted molar refractivity (Wildman–Crippen MR) is 100.0 cm³/mol. The minimum Gasteiger partial charge on any atom is -0.384 e. The number of rotatable bonds is 6. The predicted octanol–water partition coefficient (Wildman–Crippen LogP) is 3.52. The summed E-state index contributed by atoms with van der Waals surface area (Å²) in [5, 5.41) is 0.449. The van der Waals surface area contributed by atoms with Crippen molar-refractivity contribution in [3.8, 4) is 0 Å². The van der Waals surface area contributed by atoms with Gasteiger partial charge in [-0.2, -0.15) is 0 Å². The van der Waals surface area contributed by atoms with Gasteiger partial charge in [0.15, 0.2) is 9.84 Å². The van der Waals surface area contributed by atoms with Crippen molar-refractivity contribution in [2.75, 3.05) is 20.3 Å². The molecule has 0 aromatic heterocycles. The van der Waals surface area contributed by atoms with E-state index in [0.29, 0.717) is 10.0 Å². The first-order valence-corrected chi connectivity index (χ1v) is 10.1. The van der Waals surface area contributed by atoms with Gasteiger partial charge >= 0.3 is 0 Å². The molecular formula is C18H19Cl2NO3S. The second-order valence-corrected chi connectivity index (χ2v) is 9.26. The number of benzene rings is 2. The van der Waals surface area contributed by atoms with E-state index in [4.69, 9.17) is 33.7 Å². The molecule has 0 radical (unpaired) electrons. The molecule has 1 fully saturated rings. The molecule has 0 bridgehead atoms. The number of halogens is 2. The lowest BCUT2D eigenvalue weighted by atomic mass is 10.0. The maximum Gasteiger partial charge on any atom is 0.182 e. The molecule has 0 amide bonds. The van der Waals surface area contributed by atoms with Gasteiger partial charge < -0.3 is 10.5 Å². The van der Waals surface area contributed by atoms with Crippen LogP contribution in [0.1, 0.15) is 11.5 Å². The van der Waals surface area contributed by atoms with E-state index in [1.54, 1.807) is 31.4 Å². The smallest absolute Gasteiger partial charge is 0.182 e. The molecule has 3 atom stereocenters. The molecule has 1 saturated carbocycles. The van der Waals surface area contributed by atoms with Crippen molar-refractivity contribution in [1.29, 1.82) is 0 Å². The van der Waals surface area contributed by atoms with Crippen LogP contribution in [0.3, 0.4) is 0 Å². The lowest BCUT2D eigenvalue weighted by molar-refractivity contribution is 0.142. The topological polar surface area (TPSA) is 69.4 Å². The zero-order valence-corrected chi connectivity index (χ0v) is 16.0. The largest absolute Gasteiger partial charge is 0.384 e. The molecule has 7 heteroatoms. The molecule has 2 aromatic carbocycles. The Morgan fingerprint density at radius 1 is 1.04 bits per heavy atom. The fourth-order valence-electron chi connectivity index (χ4n) is 3.63. The summed E-state index contributed by atoms with van der Waals surface area (Å²) in [5.41, 5.74) is 6.26. The third kappa shape index (κ3) is 3.20. The quantitative estimate of drug-likeness (QED) is 0.806.